The van der Waals surface area contributed by atoms with Crippen molar-refractivity contribution < 1.29 is 8.42 Å². The summed E-state index contributed by atoms with van der Waals surface area (Å²) in [5.74, 6) is 0.344. The predicted octanol–water partition coefficient (Wildman–Crippen LogP) is 2.03. The van der Waals surface area contributed by atoms with E-state index in [1.807, 2.05) is 37.3 Å². The smallest absolute Gasteiger partial charge is 0.244 e. The third-order valence-electron chi connectivity index (χ3n) is 3.04. The molecule has 1 aromatic carbocycles. The van der Waals surface area contributed by atoms with Crippen LogP contribution in [0.3, 0.4) is 0 Å². The highest BCUT2D eigenvalue weighted by molar-refractivity contribution is 7.89. The molecule has 0 amide bonds. The van der Waals surface area contributed by atoms with Gasteiger partial charge in [-0.15, -0.1) is 0 Å². The summed E-state index contributed by atoms with van der Waals surface area (Å²) in [6, 6.07) is 12.7. The van der Waals surface area contributed by atoms with Gasteiger partial charge in [0.2, 0.25) is 10.0 Å². The Kier molecular flexibility index (Phi) is 4.93. The number of nitrogens with one attached hydrogen (secondary N) is 2. The van der Waals surface area contributed by atoms with E-state index in [2.05, 4.69) is 15.0 Å². The molecule has 0 aliphatic heterocycles. The average Bonchev–Trinajstić information content (AvgIpc) is 2.47. The van der Waals surface area contributed by atoms with Crippen molar-refractivity contribution in [1.29, 1.82) is 0 Å². The molecule has 1 heterocycles. The Hall–Kier alpha value is -1.92. The summed E-state index contributed by atoms with van der Waals surface area (Å²) in [4.78, 5) is 4.18. The van der Waals surface area contributed by atoms with Gasteiger partial charge in [0.1, 0.15) is 10.7 Å². The Morgan fingerprint density at radius 2 is 1.86 bits per heavy atom. The molecule has 2 aromatic rings. The summed E-state index contributed by atoms with van der Waals surface area (Å²) in [5.41, 5.74) is 1.09. The van der Waals surface area contributed by atoms with Crippen molar-refractivity contribution in [2.45, 2.75) is 24.3 Å². The maximum Gasteiger partial charge on any atom is 0.244 e. The van der Waals surface area contributed by atoms with Crippen LogP contribution >= 0.6 is 0 Å². The number of hydrogen-bond acceptors (Lipinski definition) is 4. The zero-order valence-corrected chi connectivity index (χ0v) is 12.9. The van der Waals surface area contributed by atoms with Gasteiger partial charge in [-0.2, -0.15) is 0 Å². The summed E-state index contributed by atoms with van der Waals surface area (Å²) < 4.78 is 27.5. The summed E-state index contributed by atoms with van der Waals surface area (Å²) in [7, 11) is -1.95. The number of pyridine rings is 1. The first-order valence-corrected chi connectivity index (χ1v) is 8.20. The maximum atomic E-state index is 12.4. The number of anilines is 1. The number of nitrogens with zero attached hydrogens (tertiary/aromatic N) is 1. The number of hydrogen-bond donors (Lipinski definition) is 2. The first-order chi connectivity index (χ1) is 10.0. The van der Waals surface area contributed by atoms with Crippen molar-refractivity contribution in [1.82, 2.24) is 9.71 Å². The van der Waals surface area contributed by atoms with Crippen molar-refractivity contribution >= 4 is 15.8 Å². The van der Waals surface area contributed by atoms with Gasteiger partial charge >= 0.3 is 0 Å². The molecule has 21 heavy (non-hydrogen) atoms. The second-order valence-electron chi connectivity index (χ2n) is 4.81. The van der Waals surface area contributed by atoms with Gasteiger partial charge < -0.3 is 5.32 Å². The van der Waals surface area contributed by atoms with Gasteiger partial charge in [0, 0.05) is 19.3 Å². The predicted molar refractivity (Wildman–Crippen MR) is 83.7 cm³/mol. The minimum Gasteiger partial charge on any atom is -0.372 e. The van der Waals surface area contributed by atoms with Gasteiger partial charge in [-0.3, -0.25) is 0 Å². The Balaban J connectivity index is 2.14. The number of sulfonamides is 1. The van der Waals surface area contributed by atoms with Gasteiger partial charge in [0.25, 0.3) is 0 Å². The summed E-state index contributed by atoms with van der Waals surface area (Å²) in [6.45, 7) is 1.85. The molecule has 0 saturated heterocycles. The van der Waals surface area contributed by atoms with Crippen LogP contribution in [-0.4, -0.2) is 26.5 Å². The lowest BCUT2D eigenvalue weighted by Crippen LogP contribution is -2.34. The molecule has 2 N–H and O–H groups in total. The fourth-order valence-corrected chi connectivity index (χ4v) is 3.54. The van der Waals surface area contributed by atoms with Crippen molar-refractivity contribution in [3.63, 3.8) is 0 Å². The molecule has 1 aromatic heterocycles. The van der Waals surface area contributed by atoms with Crippen molar-refractivity contribution in [3.05, 3.63) is 54.2 Å². The van der Waals surface area contributed by atoms with Gasteiger partial charge in [-0.25, -0.2) is 18.1 Å². The van der Waals surface area contributed by atoms with Crippen molar-refractivity contribution in [3.8, 4) is 0 Å². The molecule has 112 valence electrons. The highest BCUT2D eigenvalue weighted by Gasteiger charge is 2.21. The van der Waals surface area contributed by atoms with Crippen LogP contribution in [0.2, 0.25) is 0 Å². The first-order valence-electron chi connectivity index (χ1n) is 6.72. The standard InChI is InChI=1S/C15H19N3O2S/c1-12(11-13-7-4-3-5-8-13)18-21(19,20)14-9-6-10-17-15(14)16-2/h3-10,12,18H,11H2,1-2H3,(H,16,17). The summed E-state index contributed by atoms with van der Waals surface area (Å²) in [6.07, 6.45) is 2.19. The lowest BCUT2D eigenvalue weighted by Gasteiger charge is -2.15. The SMILES string of the molecule is CNc1ncccc1S(=O)(=O)NC(C)Cc1ccccc1. The largest absolute Gasteiger partial charge is 0.372 e. The van der Waals surface area contributed by atoms with Crippen LogP contribution in [0, 0.1) is 0 Å². The van der Waals surface area contributed by atoms with E-state index in [4.69, 9.17) is 0 Å². The van der Waals surface area contributed by atoms with Crippen molar-refractivity contribution in [2.24, 2.45) is 0 Å². The Morgan fingerprint density at radius 1 is 1.14 bits per heavy atom. The minimum absolute atomic E-state index is 0.160. The molecular formula is C15H19N3O2S. The zero-order valence-electron chi connectivity index (χ0n) is 12.1. The topological polar surface area (TPSA) is 71.1 Å². The normalized spacial score (nSPS) is 12.9. The Labute approximate surface area is 125 Å². The molecule has 0 saturated carbocycles. The summed E-state index contributed by atoms with van der Waals surface area (Å²) in [5, 5.41) is 2.79. The Bertz CT molecular complexity index is 687. The quantitative estimate of drug-likeness (QED) is 0.856. The monoisotopic (exact) mass is 305 g/mol. The van der Waals surface area contributed by atoms with Gasteiger partial charge in [0.05, 0.1) is 0 Å². The van der Waals surface area contributed by atoms with E-state index >= 15 is 0 Å². The molecule has 1 atom stereocenters. The molecule has 0 spiro atoms. The molecule has 0 radical (unpaired) electrons. The third-order valence-corrected chi connectivity index (χ3v) is 4.66. The van der Waals surface area contributed by atoms with Gasteiger partial charge in [-0.05, 0) is 31.0 Å². The van der Waals surface area contributed by atoms with E-state index in [1.165, 1.54) is 6.07 Å². The van der Waals surface area contributed by atoms with E-state index in [9.17, 15) is 8.42 Å². The van der Waals surface area contributed by atoms with E-state index in [0.29, 0.717) is 12.2 Å². The van der Waals surface area contributed by atoms with Gasteiger partial charge in [0.15, 0.2) is 0 Å². The van der Waals surface area contributed by atoms with Gasteiger partial charge in [-0.1, -0.05) is 30.3 Å². The fourth-order valence-electron chi connectivity index (χ4n) is 2.13. The second kappa shape index (κ2) is 6.69. The lowest BCUT2D eigenvalue weighted by atomic mass is 10.1. The molecule has 1 unspecified atom stereocenters. The van der Waals surface area contributed by atoms with Crippen LogP contribution in [0.15, 0.2) is 53.6 Å². The molecule has 2 rings (SSSR count). The number of benzene rings is 1. The van der Waals surface area contributed by atoms with Crippen LogP contribution in [0.25, 0.3) is 0 Å². The van der Waals surface area contributed by atoms with E-state index in [1.54, 1.807) is 19.3 Å². The molecule has 0 aliphatic rings. The minimum atomic E-state index is -3.60. The number of rotatable bonds is 6. The highest BCUT2D eigenvalue weighted by atomic mass is 32.2. The first kappa shape index (κ1) is 15.5. The fraction of sp³-hybridized carbons (Fsp3) is 0.267. The second-order valence-corrected chi connectivity index (χ2v) is 6.49. The molecular weight excluding hydrogens is 286 g/mol. The zero-order chi connectivity index (χ0) is 15.3. The Morgan fingerprint density at radius 3 is 2.52 bits per heavy atom. The lowest BCUT2D eigenvalue weighted by molar-refractivity contribution is 0.560. The van der Waals surface area contributed by atoms with Crippen LogP contribution in [0.5, 0.6) is 0 Å². The molecule has 0 fully saturated rings. The number of aromatic nitrogens is 1. The third kappa shape index (κ3) is 4.03. The molecule has 5 nitrogen and oxygen atoms in total. The molecule has 0 aliphatic carbocycles. The highest BCUT2D eigenvalue weighted by Crippen LogP contribution is 2.18. The van der Waals surface area contributed by atoms with Crippen LogP contribution < -0.4 is 10.0 Å². The van der Waals surface area contributed by atoms with E-state index in [0.717, 1.165) is 5.56 Å². The van der Waals surface area contributed by atoms with Crippen LogP contribution in [0.1, 0.15) is 12.5 Å². The van der Waals surface area contributed by atoms with Crippen LogP contribution in [0.4, 0.5) is 5.82 Å². The van der Waals surface area contributed by atoms with Crippen molar-refractivity contribution in [2.75, 3.05) is 12.4 Å². The average molecular weight is 305 g/mol. The molecule has 6 heteroatoms. The maximum absolute atomic E-state index is 12.4. The van der Waals surface area contributed by atoms with E-state index in [-0.39, 0.29) is 10.9 Å². The van der Waals surface area contributed by atoms with Crippen LogP contribution in [-0.2, 0) is 16.4 Å². The molecule has 0 bridgehead atoms. The summed E-state index contributed by atoms with van der Waals surface area (Å²) >= 11 is 0. The van der Waals surface area contributed by atoms with E-state index < -0.39 is 10.0 Å².